The lowest BCUT2D eigenvalue weighted by Gasteiger charge is -2.25. The molecule has 3 aromatic rings. The van der Waals surface area contributed by atoms with E-state index in [1.54, 1.807) is 22.6 Å². The number of benzene rings is 2. The number of hydrogen-bond acceptors (Lipinski definition) is 5. The third-order valence-electron chi connectivity index (χ3n) is 6.11. The zero-order valence-corrected chi connectivity index (χ0v) is 18.9. The standard InChI is InChI=1S/C25H22ClN3O4/c1-15-22(24(26)29(27-15)13-16-6-3-2-4-7-16)25(32)33-14-20(30)18-10-17-8-5-9-28-21(31)12-19(11-18)23(17)28/h2-4,6-7,10-11H,5,8-9,12-14H2,1H3. The van der Waals surface area contributed by atoms with Crippen molar-refractivity contribution in [2.24, 2.45) is 0 Å². The van der Waals surface area contributed by atoms with Crippen molar-refractivity contribution < 1.29 is 19.1 Å². The summed E-state index contributed by atoms with van der Waals surface area (Å²) in [6.07, 6.45) is 2.00. The Kier molecular flexibility index (Phi) is 5.50. The maximum Gasteiger partial charge on any atom is 0.343 e. The molecule has 2 aliphatic rings. The van der Waals surface area contributed by atoms with Crippen LogP contribution in [0.25, 0.3) is 0 Å². The summed E-state index contributed by atoms with van der Waals surface area (Å²) in [5, 5.41) is 4.53. The maximum atomic E-state index is 12.8. The van der Waals surface area contributed by atoms with Gasteiger partial charge >= 0.3 is 5.97 Å². The summed E-state index contributed by atoms with van der Waals surface area (Å²) in [4.78, 5) is 39.6. The Labute approximate surface area is 195 Å². The van der Waals surface area contributed by atoms with Crippen LogP contribution in [-0.2, 0) is 28.9 Å². The molecule has 0 spiro atoms. The number of aromatic nitrogens is 2. The minimum atomic E-state index is -0.686. The molecule has 5 rings (SSSR count). The van der Waals surface area contributed by atoms with Crippen LogP contribution in [0.1, 0.15) is 49.5 Å². The molecular weight excluding hydrogens is 442 g/mol. The van der Waals surface area contributed by atoms with Gasteiger partial charge in [-0.2, -0.15) is 5.10 Å². The predicted molar refractivity (Wildman–Crippen MR) is 123 cm³/mol. The van der Waals surface area contributed by atoms with E-state index in [0.29, 0.717) is 24.2 Å². The molecule has 168 valence electrons. The fourth-order valence-electron chi connectivity index (χ4n) is 4.57. The smallest absolute Gasteiger partial charge is 0.343 e. The highest BCUT2D eigenvalue weighted by molar-refractivity contribution is 6.32. The molecule has 0 atom stereocenters. The van der Waals surface area contributed by atoms with E-state index in [1.807, 2.05) is 36.4 Å². The van der Waals surface area contributed by atoms with Gasteiger partial charge in [0, 0.05) is 12.1 Å². The molecule has 0 saturated heterocycles. The van der Waals surface area contributed by atoms with E-state index in [1.165, 1.54) is 0 Å². The summed E-state index contributed by atoms with van der Waals surface area (Å²) in [5.41, 5.74) is 4.87. The molecule has 2 aromatic carbocycles. The number of amides is 1. The Morgan fingerprint density at radius 1 is 1.15 bits per heavy atom. The number of esters is 1. The summed E-state index contributed by atoms with van der Waals surface area (Å²) in [6, 6.07) is 13.2. The molecule has 8 heteroatoms. The van der Waals surface area contributed by atoms with Gasteiger partial charge in [-0.15, -0.1) is 0 Å². The van der Waals surface area contributed by atoms with Gasteiger partial charge in [0.05, 0.1) is 24.3 Å². The zero-order valence-electron chi connectivity index (χ0n) is 18.1. The summed E-state index contributed by atoms with van der Waals surface area (Å²) >= 11 is 6.42. The molecule has 2 aliphatic heterocycles. The van der Waals surface area contributed by atoms with Crippen LogP contribution in [0.3, 0.4) is 0 Å². The van der Waals surface area contributed by atoms with E-state index >= 15 is 0 Å². The first-order valence-corrected chi connectivity index (χ1v) is 11.2. The van der Waals surface area contributed by atoms with Crippen molar-refractivity contribution in [2.75, 3.05) is 18.1 Å². The second-order valence-electron chi connectivity index (χ2n) is 8.36. The number of Topliss-reactive ketones (excluding diaryl/α,β-unsaturated/α-hetero) is 1. The third-order valence-corrected chi connectivity index (χ3v) is 6.49. The Morgan fingerprint density at radius 2 is 1.91 bits per heavy atom. The van der Waals surface area contributed by atoms with Gasteiger partial charge in [-0.25, -0.2) is 9.48 Å². The molecule has 7 nitrogen and oxygen atoms in total. The quantitative estimate of drug-likeness (QED) is 0.410. The van der Waals surface area contributed by atoms with Gasteiger partial charge in [0.15, 0.2) is 12.4 Å². The number of halogens is 1. The second kappa shape index (κ2) is 8.48. The normalized spacial score (nSPS) is 14.4. The van der Waals surface area contributed by atoms with Crippen LogP contribution in [0.2, 0.25) is 5.15 Å². The first kappa shape index (κ1) is 21.4. The van der Waals surface area contributed by atoms with Gasteiger partial charge in [0.2, 0.25) is 5.91 Å². The number of ketones is 1. The van der Waals surface area contributed by atoms with E-state index in [0.717, 1.165) is 41.8 Å². The highest BCUT2D eigenvalue weighted by atomic mass is 35.5. The third kappa shape index (κ3) is 3.93. The Hall–Kier alpha value is -3.45. The average molecular weight is 464 g/mol. The van der Waals surface area contributed by atoms with Gasteiger partial charge < -0.3 is 9.64 Å². The van der Waals surface area contributed by atoms with E-state index in [4.69, 9.17) is 16.3 Å². The van der Waals surface area contributed by atoms with Crippen LogP contribution in [0, 0.1) is 6.92 Å². The topological polar surface area (TPSA) is 81.5 Å². The average Bonchev–Trinajstić information content (AvgIpc) is 3.28. The summed E-state index contributed by atoms with van der Waals surface area (Å²) in [6.45, 7) is 2.41. The monoisotopic (exact) mass is 463 g/mol. The van der Waals surface area contributed by atoms with Crippen molar-refractivity contribution >= 4 is 34.9 Å². The van der Waals surface area contributed by atoms with Gasteiger partial charge in [0.1, 0.15) is 10.7 Å². The minimum absolute atomic E-state index is 0.0691. The molecule has 0 bridgehead atoms. The molecule has 0 radical (unpaired) electrons. The number of nitrogens with zero attached hydrogens (tertiary/aromatic N) is 3. The van der Waals surface area contributed by atoms with E-state index in [-0.39, 0.29) is 22.4 Å². The first-order valence-electron chi connectivity index (χ1n) is 10.9. The number of anilines is 1. The van der Waals surface area contributed by atoms with Crippen molar-refractivity contribution in [2.45, 2.75) is 32.7 Å². The van der Waals surface area contributed by atoms with Crippen LogP contribution in [-0.4, -0.2) is 40.6 Å². The number of rotatable bonds is 6. The molecule has 1 amide bonds. The highest BCUT2D eigenvalue weighted by Crippen LogP contribution is 2.37. The number of carbonyl (C=O) groups is 3. The predicted octanol–water partition coefficient (Wildman–Crippen LogP) is 3.77. The molecule has 0 fully saturated rings. The van der Waals surface area contributed by atoms with Gasteiger partial charge in [0.25, 0.3) is 0 Å². The number of ether oxygens (including phenoxy) is 1. The maximum absolute atomic E-state index is 12.8. The van der Waals surface area contributed by atoms with Crippen molar-refractivity contribution in [3.05, 3.63) is 81.1 Å². The van der Waals surface area contributed by atoms with E-state index in [2.05, 4.69) is 5.10 Å². The highest BCUT2D eigenvalue weighted by Gasteiger charge is 2.33. The summed E-state index contributed by atoms with van der Waals surface area (Å²) < 4.78 is 6.86. The molecular formula is C25H22ClN3O4. The number of hydrogen-bond donors (Lipinski definition) is 0. The number of aryl methyl sites for hydroxylation is 2. The Balaban J connectivity index is 1.30. The van der Waals surface area contributed by atoms with Crippen molar-refractivity contribution in [1.29, 1.82) is 0 Å². The molecule has 0 saturated carbocycles. The zero-order chi connectivity index (χ0) is 23.1. The lowest BCUT2D eigenvalue weighted by molar-refractivity contribution is -0.117. The molecule has 1 aromatic heterocycles. The van der Waals surface area contributed by atoms with Crippen LogP contribution in [0.5, 0.6) is 0 Å². The fraction of sp³-hybridized carbons (Fsp3) is 0.280. The Morgan fingerprint density at radius 3 is 2.70 bits per heavy atom. The van der Waals surface area contributed by atoms with Crippen LogP contribution in [0.4, 0.5) is 5.69 Å². The molecule has 0 unspecified atom stereocenters. The van der Waals surface area contributed by atoms with Crippen LogP contribution >= 0.6 is 11.6 Å². The molecule has 3 heterocycles. The molecule has 0 aliphatic carbocycles. The Bertz CT molecular complexity index is 1280. The number of carbonyl (C=O) groups excluding carboxylic acids is 3. The van der Waals surface area contributed by atoms with Gasteiger partial charge in [-0.1, -0.05) is 41.9 Å². The van der Waals surface area contributed by atoms with E-state index < -0.39 is 12.6 Å². The fourth-order valence-corrected chi connectivity index (χ4v) is 4.88. The summed E-state index contributed by atoms with van der Waals surface area (Å²) in [5.74, 6) is -0.932. The summed E-state index contributed by atoms with van der Waals surface area (Å²) in [7, 11) is 0. The molecule has 33 heavy (non-hydrogen) atoms. The second-order valence-corrected chi connectivity index (χ2v) is 8.72. The SMILES string of the molecule is Cc1nn(Cc2ccccc2)c(Cl)c1C(=O)OCC(=O)c1cc2c3c(c1)CC(=O)N3CCC2. The first-order chi connectivity index (χ1) is 15.9. The largest absolute Gasteiger partial charge is 0.454 e. The van der Waals surface area contributed by atoms with E-state index in [9.17, 15) is 14.4 Å². The lowest BCUT2D eigenvalue weighted by atomic mass is 9.95. The van der Waals surface area contributed by atoms with Crippen LogP contribution in [0.15, 0.2) is 42.5 Å². The lowest BCUT2D eigenvalue weighted by Crippen LogP contribution is -2.31. The van der Waals surface area contributed by atoms with Crippen LogP contribution < -0.4 is 4.90 Å². The van der Waals surface area contributed by atoms with Gasteiger partial charge in [-0.05, 0) is 48.6 Å². The van der Waals surface area contributed by atoms with Crippen molar-refractivity contribution in [1.82, 2.24) is 9.78 Å². The minimum Gasteiger partial charge on any atom is -0.454 e. The van der Waals surface area contributed by atoms with Crippen molar-refractivity contribution in [3.8, 4) is 0 Å². The molecule has 0 N–H and O–H groups in total. The van der Waals surface area contributed by atoms with Gasteiger partial charge in [-0.3, -0.25) is 9.59 Å². The van der Waals surface area contributed by atoms with Crippen molar-refractivity contribution in [3.63, 3.8) is 0 Å².